The molecule has 2 heterocycles. The first kappa shape index (κ1) is 21.9. The number of aliphatic hydroxyl groups excluding tert-OH is 1. The van der Waals surface area contributed by atoms with Crippen molar-refractivity contribution in [3.8, 4) is 16.9 Å². The van der Waals surface area contributed by atoms with Gasteiger partial charge in [-0.25, -0.2) is 9.59 Å². The molecule has 1 N–H and O–H groups in total. The lowest BCUT2D eigenvalue weighted by atomic mass is 10.0. The van der Waals surface area contributed by atoms with Crippen molar-refractivity contribution >= 4 is 17.6 Å². The number of carbonyl (C=O) groups is 2. The Morgan fingerprint density at radius 2 is 1.76 bits per heavy atom. The maximum Gasteiger partial charge on any atom is 0.450 e. The number of benzene rings is 2. The van der Waals surface area contributed by atoms with E-state index in [1.165, 1.54) is 24.3 Å². The number of aliphatic hydroxyl groups is 1. The Morgan fingerprint density at radius 1 is 1.03 bits per heavy atom. The topological polar surface area (TPSA) is 138 Å². The van der Waals surface area contributed by atoms with E-state index in [9.17, 15) is 24.8 Å². The molecule has 0 saturated carbocycles. The van der Waals surface area contributed by atoms with Crippen LogP contribution in [-0.2, 0) is 25.5 Å². The summed E-state index contributed by atoms with van der Waals surface area (Å²) in [5.74, 6) is -4.73. The monoisotopic (exact) mass is 450 g/mol. The molecule has 1 fully saturated rings. The highest BCUT2D eigenvalue weighted by Crippen LogP contribution is 2.33. The van der Waals surface area contributed by atoms with Gasteiger partial charge in [0.05, 0.1) is 4.92 Å². The first-order valence-corrected chi connectivity index (χ1v) is 9.93. The Morgan fingerprint density at radius 3 is 2.39 bits per heavy atom. The van der Waals surface area contributed by atoms with Gasteiger partial charge in [-0.2, -0.15) is 0 Å². The molecule has 1 aromatic heterocycles. The van der Waals surface area contributed by atoms with Gasteiger partial charge >= 0.3 is 17.9 Å². The predicted octanol–water partition coefficient (Wildman–Crippen LogP) is 2.78. The van der Waals surface area contributed by atoms with Crippen LogP contribution in [0.25, 0.3) is 11.1 Å². The van der Waals surface area contributed by atoms with Gasteiger partial charge in [0, 0.05) is 24.5 Å². The number of non-ortho nitro benzene ring substituents is 1. The number of cyclic esters (lactones) is 2. The normalized spacial score (nSPS) is 15.4. The third-order valence-electron chi connectivity index (χ3n) is 4.98. The minimum absolute atomic E-state index is 0.0479. The van der Waals surface area contributed by atoms with Crippen molar-refractivity contribution in [1.82, 2.24) is 4.98 Å². The maximum atomic E-state index is 11.7. The molecular weight excluding hydrogens is 432 g/mol. The smallest absolute Gasteiger partial charge is 0.419 e. The molecule has 0 amide bonds. The number of nitro benzene ring substituents is 1. The number of pyridine rings is 1. The molecule has 0 unspecified atom stereocenters. The van der Waals surface area contributed by atoms with Gasteiger partial charge in [0.1, 0.15) is 5.75 Å². The van der Waals surface area contributed by atoms with Gasteiger partial charge in [0.25, 0.3) is 5.69 Å². The van der Waals surface area contributed by atoms with Crippen molar-refractivity contribution in [2.24, 2.45) is 0 Å². The van der Waals surface area contributed by atoms with Crippen molar-refractivity contribution in [1.29, 1.82) is 0 Å². The van der Waals surface area contributed by atoms with Gasteiger partial charge in [0.2, 0.25) is 0 Å². The number of hydrogen-bond donors (Lipinski definition) is 1. The highest BCUT2D eigenvalue weighted by molar-refractivity contribution is 6.31. The molecule has 1 atom stereocenters. The molecular formula is C23H18N2O8. The summed E-state index contributed by atoms with van der Waals surface area (Å²) in [6, 6.07) is 15.9. The van der Waals surface area contributed by atoms with E-state index in [1.807, 2.05) is 6.07 Å². The van der Waals surface area contributed by atoms with Crippen LogP contribution in [-0.4, -0.2) is 39.0 Å². The highest BCUT2D eigenvalue weighted by atomic mass is 16.9. The molecule has 1 saturated heterocycles. The summed E-state index contributed by atoms with van der Waals surface area (Å²) in [5.41, 5.74) is 2.05. The van der Waals surface area contributed by atoms with Gasteiger partial charge in [-0.15, -0.1) is 0 Å². The van der Waals surface area contributed by atoms with Crippen molar-refractivity contribution in [3.05, 3.63) is 88.7 Å². The van der Waals surface area contributed by atoms with E-state index in [1.54, 1.807) is 42.7 Å². The lowest BCUT2D eigenvalue weighted by Gasteiger charge is -2.29. The van der Waals surface area contributed by atoms with Crippen LogP contribution in [0, 0.1) is 10.1 Å². The number of nitro groups is 1. The summed E-state index contributed by atoms with van der Waals surface area (Å²) >= 11 is 0. The molecule has 3 aromatic rings. The number of hydrogen-bond acceptors (Lipinski definition) is 9. The molecule has 4 rings (SSSR count). The summed E-state index contributed by atoms with van der Waals surface area (Å²) in [4.78, 5) is 38.0. The molecule has 0 bridgehead atoms. The Balaban J connectivity index is 1.53. The van der Waals surface area contributed by atoms with Gasteiger partial charge in [-0.3, -0.25) is 15.1 Å². The van der Waals surface area contributed by atoms with Crippen LogP contribution in [0.1, 0.15) is 12.0 Å². The molecule has 10 heteroatoms. The molecule has 10 nitrogen and oxygen atoms in total. The summed E-state index contributed by atoms with van der Waals surface area (Å²) in [7, 11) is 0. The van der Waals surface area contributed by atoms with E-state index in [-0.39, 0.29) is 17.9 Å². The highest BCUT2D eigenvalue weighted by Gasteiger charge is 2.57. The van der Waals surface area contributed by atoms with Gasteiger partial charge < -0.3 is 19.3 Å². The number of carbonyl (C=O) groups excluding carboxylic acids is 2. The average molecular weight is 450 g/mol. The summed E-state index contributed by atoms with van der Waals surface area (Å²) in [6.07, 6.45) is 2.17. The van der Waals surface area contributed by atoms with Crippen molar-refractivity contribution in [2.75, 3.05) is 0 Å². The van der Waals surface area contributed by atoms with E-state index in [0.717, 1.165) is 5.56 Å². The standard InChI is InChI=1S/C23H18N2O8/c26-20(11-6-15-3-2-12-24-14-15)23(32-21(27)22(28)33-23)31-19-9-7-16(8-10-19)17-4-1-5-18(13-17)25(29)30/h1-5,7-10,12-14,20,26H,6,11H2/t20-/m0/s1. The van der Waals surface area contributed by atoms with Crippen LogP contribution in [0.15, 0.2) is 73.1 Å². The molecule has 168 valence electrons. The van der Waals surface area contributed by atoms with Crippen LogP contribution in [0.5, 0.6) is 5.75 Å². The number of rotatable bonds is 8. The zero-order chi connectivity index (χ0) is 23.4. The first-order chi connectivity index (χ1) is 15.9. The largest absolute Gasteiger partial charge is 0.450 e. The molecule has 1 aliphatic heterocycles. The van der Waals surface area contributed by atoms with Crippen LogP contribution in [0.3, 0.4) is 0 Å². The fraction of sp³-hybridized carbons (Fsp3) is 0.174. The molecule has 0 spiro atoms. The van der Waals surface area contributed by atoms with Crippen LogP contribution < -0.4 is 4.74 Å². The number of ether oxygens (including phenoxy) is 3. The zero-order valence-corrected chi connectivity index (χ0v) is 17.1. The number of aryl methyl sites for hydroxylation is 1. The Hall–Kier alpha value is -4.31. The molecule has 1 aliphatic rings. The van der Waals surface area contributed by atoms with E-state index in [4.69, 9.17) is 14.2 Å². The van der Waals surface area contributed by atoms with Crippen LogP contribution in [0.4, 0.5) is 5.69 Å². The van der Waals surface area contributed by atoms with E-state index in [2.05, 4.69) is 4.98 Å². The Kier molecular flexibility index (Phi) is 6.01. The molecule has 33 heavy (non-hydrogen) atoms. The summed E-state index contributed by atoms with van der Waals surface area (Å²) in [6.45, 7) is 0. The lowest BCUT2D eigenvalue weighted by molar-refractivity contribution is -0.384. The van der Waals surface area contributed by atoms with E-state index < -0.39 is 28.9 Å². The van der Waals surface area contributed by atoms with E-state index >= 15 is 0 Å². The average Bonchev–Trinajstić information content (AvgIpc) is 3.12. The van der Waals surface area contributed by atoms with Gasteiger partial charge in [-0.05, 0) is 47.7 Å². The fourth-order valence-corrected chi connectivity index (χ4v) is 3.31. The van der Waals surface area contributed by atoms with Gasteiger partial charge in [-0.1, -0.05) is 30.3 Å². The van der Waals surface area contributed by atoms with Crippen molar-refractivity contribution in [2.45, 2.75) is 24.9 Å². The first-order valence-electron chi connectivity index (χ1n) is 9.93. The summed E-state index contributed by atoms with van der Waals surface area (Å²) < 4.78 is 15.6. The number of nitrogens with zero attached hydrogens (tertiary/aromatic N) is 2. The SMILES string of the molecule is O=C1OC(Oc2ccc(-c3cccc([N+](=O)[O-])c3)cc2)([C@@H](O)CCc2cccnc2)OC1=O. The van der Waals surface area contributed by atoms with E-state index in [0.29, 0.717) is 17.5 Å². The van der Waals surface area contributed by atoms with Crippen molar-refractivity contribution in [3.63, 3.8) is 0 Å². The minimum Gasteiger partial charge on any atom is -0.419 e. The van der Waals surface area contributed by atoms with Crippen molar-refractivity contribution < 1.29 is 33.8 Å². The Bertz CT molecular complexity index is 1160. The second-order valence-electron chi connectivity index (χ2n) is 7.23. The lowest BCUT2D eigenvalue weighted by Crippen LogP contribution is -2.49. The van der Waals surface area contributed by atoms with Crippen LogP contribution in [0.2, 0.25) is 0 Å². The minimum atomic E-state index is -2.33. The quantitative estimate of drug-likeness (QED) is 0.237. The predicted molar refractivity (Wildman–Crippen MR) is 113 cm³/mol. The Labute approximate surface area is 187 Å². The molecule has 0 aliphatic carbocycles. The maximum absolute atomic E-state index is 11.7. The summed E-state index contributed by atoms with van der Waals surface area (Å²) in [5, 5.41) is 21.7. The van der Waals surface area contributed by atoms with Crippen LogP contribution >= 0.6 is 0 Å². The molecule has 2 aromatic carbocycles. The number of aromatic nitrogens is 1. The molecule has 0 radical (unpaired) electrons. The third kappa shape index (κ3) is 4.80. The third-order valence-corrected chi connectivity index (χ3v) is 4.98. The fourth-order valence-electron chi connectivity index (χ4n) is 3.31. The zero-order valence-electron chi connectivity index (χ0n) is 17.1. The second kappa shape index (κ2) is 9.05. The number of esters is 2. The van der Waals surface area contributed by atoms with Gasteiger partial charge in [0.15, 0.2) is 6.10 Å². The second-order valence-corrected chi connectivity index (χ2v) is 7.23.